The van der Waals surface area contributed by atoms with Crippen molar-refractivity contribution in [2.24, 2.45) is 11.3 Å². The van der Waals surface area contributed by atoms with Crippen molar-refractivity contribution < 1.29 is 32.3 Å². The minimum Gasteiger partial charge on any atom is -0.450 e. The molecular formula is C32H43N3O7S. The number of rotatable bonds is 5. The number of alkyl carbamates (subject to hydrolysis) is 1. The molecule has 4 bridgehead atoms. The third-order valence-corrected chi connectivity index (χ3v) is 11.7. The molecule has 3 fully saturated rings. The summed E-state index contributed by atoms with van der Waals surface area (Å²) in [6.07, 6.45) is 7.39. The molecule has 0 spiro atoms. The van der Waals surface area contributed by atoms with Crippen LogP contribution in [0.5, 0.6) is 0 Å². The molecule has 0 aromatic heterocycles. The van der Waals surface area contributed by atoms with E-state index in [1.54, 1.807) is 6.08 Å². The molecule has 11 heteroatoms. The van der Waals surface area contributed by atoms with Gasteiger partial charge < -0.3 is 25.0 Å². The lowest BCUT2D eigenvalue weighted by Crippen LogP contribution is -2.59. The van der Waals surface area contributed by atoms with Crippen molar-refractivity contribution in [2.75, 3.05) is 13.2 Å². The number of carbonyl (C=O) groups excluding carboxylic acids is 3. The number of fused-ring (bicyclic) bond motifs is 4. The van der Waals surface area contributed by atoms with E-state index in [1.807, 2.05) is 57.2 Å². The molecular weight excluding hydrogens is 570 g/mol. The average Bonchev–Trinajstić information content (AvgIpc) is 3.88. The molecule has 2 aliphatic carbocycles. The predicted octanol–water partition coefficient (Wildman–Crippen LogP) is 3.72. The van der Waals surface area contributed by atoms with E-state index in [2.05, 4.69) is 17.2 Å². The molecule has 5 rings (SSSR count). The zero-order valence-corrected chi connectivity index (χ0v) is 26.0. The van der Waals surface area contributed by atoms with Crippen LogP contribution in [0, 0.1) is 11.3 Å². The summed E-state index contributed by atoms with van der Waals surface area (Å²) in [7, 11) is -3.62. The molecule has 10 nitrogen and oxygen atoms in total. The molecule has 5 atom stereocenters. The van der Waals surface area contributed by atoms with E-state index in [0.717, 1.165) is 11.1 Å². The van der Waals surface area contributed by atoms with Crippen LogP contribution in [0.15, 0.2) is 43.0 Å². The van der Waals surface area contributed by atoms with Crippen molar-refractivity contribution in [3.05, 3.63) is 54.1 Å². The van der Waals surface area contributed by atoms with E-state index in [-0.39, 0.29) is 38.5 Å². The zero-order chi connectivity index (χ0) is 31.0. The lowest BCUT2D eigenvalue weighted by atomic mass is 9.85. The molecule has 3 amide bonds. The summed E-state index contributed by atoms with van der Waals surface area (Å²) in [5.41, 5.74) is 1.26. The van der Waals surface area contributed by atoms with E-state index in [4.69, 9.17) is 9.47 Å². The first-order chi connectivity index (χ1) is 20.4. The van der Waals surface area contributed by atoms with Gasteiger partial charge in [-0.05, 0) is 54.7 Å². The predicted molar refractivity (Wildman–Crippen MR) is 162 cm³/mol. The van der Waals surface area contributed by atoms with Gasteiger partial charge in [0.05, 0.1) is 24.6 Å². The number of carbonyl (C=O) groups is 3. The maximum atomic E-state index is 14.1. The highest BCUT2D eigenvalue weighted by Crippen LogP contribution is 2.53. The summed E-state index contributed by atoms with van der Waals surface area (Å²) < 4.78 is 38.4. The van der Waals surface area contributed by atoms with E-state index in [9.17, 15) is 22.8 Å². The Morgan fingerprint density at radius 3 is 2.67 bits per heavy atom. The van der Waals surface area contributed by atoms with Gasteiger partial charge in [-0.1, -0.05) is 57.2 Å². The van der Waals surface area contributed by atoms with Gasteiger partial charge in [-0.3, -0.25) is 9.59 Å². The molecule has 4 aliphatic rings. The summed E-state index contributed by atoms with van der Waals surface area (Å²) in [5.74, 6) is -1.37. The monoisotopic (exact) mass is 613 g/mol. The quantitative estimate of drug-likeness (QED) is 0.484. The summed E-state index contributed by atoms with van der Waals surface area (Å²) >= 11 is 0. The largest absolute Gasteiger partial charge is 0.450 e. The molecule has 2 saturated carbocycles. The van der Waals surface area contributed by atoms with Crippen LogP contribution in [0.3, 0.4) is 0 Å². The van der Waals surface area contributed by atoms with Crippen LogP contribution >= 0.6 is 0 Å². The number of sulfone groups is 1. The Balaban J connectivity index is 1.43. The van der Waals surface area contributed by atoms with Crippen LogP contribution in [-0.2, 0) is 35.5 Å². The fourth-order valence-corrected chi connectivity index (χ4v) is 8.55. The number of amides is 3. The average molecular weight is 614 g/mol. The van der Waals surface area contributed by atoms with Crippen molar-refractivity contribution in [3.63, 3.8) is 0 Å². The molecule has 2 aliphatic heterocycles. The van der Waals surface area contributed by atoms with Crippen molar-refractivity contribution in [1.29, 1.82) is 0 Å². The maximum absolute atomic E-state index is 14.1. The van der Waals surface area contributed by atoms with E-state index < -0.39 is 61.5 Å². The Labute approximate surface area is 254 Å². The number of nitrogens with one attached hydrogen (secondary N) is 2. The highest BCUT2D eigenvalue weighted by molar-refractivity contribution is 7.94. The van der Waals surface area contributed by atoms with Gasteiger partial charge in [0.2, 0.25) is 11.8 Å². The number of benzene rings is 1. The molecule has 234 valence electrons. The third kappa shape index (κ3) is 6.67. The van der Waals surface area contributed by atoms with E-state index >= 15 is 0 Å². The molecule has 1 aromatic carbocycles. The number of nitrogens with zero attached hydrogens (tertiary/aromatic N) is 1. The van der Waals surface area contributed by atoms with Crippen LogP contribution in [0.25, 0.3) is 6.08 Å². The van der Waals surface area contributed by atoms with Gasteiger partial charge in [0.25, 0.3) is 0 Å². The number of allylic oxidation sites excluding steroid dienone is 1. The minimum absolute atomic E-state index is 0.118. The first-order valence-corrected chi connectivity index (χ1v) is 16.7. The normalized spacial score (nSPS) is 30.4. The summed E-state index contributed by atoms with van der Waals surface area (Å²) in [5, 5.41) is 5.12. The second-order valence-electron chi connectivity index (χ2n) is 13.2. The maximum Gasteiger partial charge on any atom is 0.407 e. The topological polar surface area (TPSA) is 131 Å². The van der Waals surface area contributed by atoms with Crippen molar-refractivity contribution >= 4 is 33.8 Å². The highest BCUT2D eigenvalue weighted by atomic mass is 32.2. The van der Waals surface area contributed by atoms with E-state index in [1.165, 1.54) is 4.90 Å². The number of hydrogen-bond acceptors (Lipinski definition) is 7. The summed E-state index contributed by atoms with van der Waals surface area (Å²) in [6.45, 7) is 9.86. The van der Waals surface area contributed by atoms with Crippen molar-refractivity contribution in [1.82, 2.24) is 15.5 Å². The van der Waals surface area contributed by atoms with Crippen LogP contribution < -0.4 is 10.6 Å². The zero-order valence-electron chi connectivity index (χ0n) is 25.2. The Bertz CT molecular complexity index is 1400. The van der Waals surface area contributed by atoms with Gasteiger partial charge in [-0.15, -0.1) is 6.58 Å². The second-order valence-corrected chi connectivity index (χ2v) is 15.7. The number of ether oxygens (including phenoxy) is 2. The summed E-state index contributed by atoms with van der Waals surface area (Å²) in [4.78, 5) is 40.9. The first kappa shape index (κ1) is 31.3. The van der Waals surface area contributed by atoms with Crippen LogP contribution in [0.2, 0.25) is 0 Å². The number of cyclic esters (lactones) is 1. The van der Waals surface area contributed by atoms with Gasteiger partial charge >= 0.3 is 6.09 Å². The second kappa shape index (κ2) is 12.1. The Kier molecular flexibility index (Phi) is 8.77. The molecule has 2 heterocycles. The Hall–Kier alpha value is -3.18. The van der Waals surface area contributed by atoms with Gasteiger partial charge in [0, 0.05) is 18.9 Å². The standard InChI is InChI=1S/C32H43N3O7S/c1-5-23-18-32(23,43(39,40)25-13-14-25)34-28(36)26-17-24-19-35(26)29(37)27(31(2,3)4)33-30(38)41-15-8-6-7-10-21-11-9-12-22(16-21)20-42-24/h5,7,9-12,16,23-27H,1,6,8,13-15,17-20H2,2-4H3,(H,33,38)(H,34,36)/t23-,24-,26+,27-,32+/m1/s1. The number of hydrogen-bond donors (Lipinski definition) is 2. The molecule has 2 N–H and O–H groups in total. The van der Waals surface area contributed by atoms with Crippen LogP contribution in [-0.4, -0.2) is 72.7 Å². The lowest BCUT2D eigenvalue weighted by Gasteiger charge is -2.35. The first-order valence-electron chi connectivity index (χ1n) is 15.1. The van der Waals surface area contributed by atoms with Gasteiger partial charge in [0.1, 0.15) is 17.0 Å². The molecule has 1 aromatic rings. The van der Waals surface area contributed by atoms with Gasteiger partial charge in [0.15, 0.2) is 9.84 Å². The molecule has 43 heavy (non-hydrogen) atoms. The third-order valence-electron chi connectivity index (χ3n) is 8.77. The SMILES string of the molecule is C=C[C@@H]1C[C@]1(NC(=O)[C@@H]1C[C@@H]2CN1C(=O)[C@H](C(C)(C)C)NC(=O)OCCCC=Cc1cccc(c1)CO2)S(=O)(=O)C1CC1. The lowest BCUT2D eigenvalue weighted by molar-refractivity contribution is -0.142. The minimum atomic E-state index is -3.62. The fraction of sp³-hybridized carbons (Fsp3) is 0.594. The van der Waals surface area contributed by atoms with Crippen LogP contribution in [0.4, 0.5) is 4.79 Å². The Morgan fingerprint density at radius 1 is 1.23 bits per heavy atom. The molecule has 0 unspecified atom stereocenters. The van der Waals surface area contributed by atoms with Crippen LogP contribution in [0.1, 0.15) is 70.4 Å². The fourth-order valence-electron chi connectivity index (χ4n) is 6.02. The van der Waals surface area contributed by atoms with Gasteiger partial charge in [-0.25, -0.2) is 13.2 Å². The summed E-state index contributed by atoms with van der Waals surface area (Å²) in [6, 6.07) is 5.96. The smallest absolute Gasteiger partial charge is 0.407 e. The highest BCUT2D eigenvalue weighted by Gasteiger charge is 2.67. The Morgan fingerprint density at radius 2 is 2.00 bits per heavy atom. The van der Waals surface area contributed by atoms with E-state index in [0.29, 0.717) is 25.7 Å². The van der Waals surface area contributed by atoms with Crippen molar-refractivity contribution in [3.8, 4) is 0 Å². The van der Waals surface area contributed by atoms with Gasteiger partial charge in [-0.2, -0.15) is 0 Å². The molecule has 0 radical (unpaired) electrons. The van der Waals surface area contributed by atoms with Crippen molar-refractivity contribution in [2.45, 2.75) is 94.2 Å². The molecule has 1 saturated heterocycles.